The third-order valence-corrected chi connectivity index (χ3v) is 4.97. The van der Waals surface area contributed by atoms with E-state index >= 15 is 0 Å². The Morgan fingerprint density at radius 1 is 1.24 bits per heavy atom. The predicted molar refractivity (Wildman–Crippen MR) is 92.9 cm³/mol. The van der Waals surface area contributed by atoms with Crippen LogP contribution >= 0.6 is 31.9 Å². The Labute approximate surface area is 141 Å². The summed E-state index contributed by atoms with van der Waals surface area (Å²) in [5.74, 6) is 1.02. The van der Waals surface area contributed by atoms with Crippen LogP contribution in [0.3, 0.4) is 0 Å². The Morgan fingerprint density at radius 2 is 2.05 bits per heavy atom. The summed E-state index contributed by atoms with van der Waals surface area (Å²) in [6, 6.07) is 10.5. The molecule has 0 bridgehead atoms. The van der Waals surface area contributed by atoms with Crippen molar-refractivity contribution >= 4 is 31.9 Å². The zero-order valence-electron chi connectivity index (χ0n) is 11.8. The first-order valence-corrected chi connectivity index (χ1v) is 8.59. The maximum atomic E-state index is 6.42. The molecule has 1 aliphatic rings. The van der Waals surface area contributed by atoms with Gasteiger partial charge in [-0.3, -0.25) is 0 Å². The van der Waals surface area contributed by atoms with Gasteiger partial charge in [0.15, 0.2) is 0 Å². The van der Waals surface area contributed by atoms with Crippen molar-refractivity contribution in [3.63, 3.8) is 0 Å². The maximum absolute atomic E-state index is 6.42. The summed E-state index contributed by atoms with van der Waals surface area (Å²) in [4.78, 5) is 0. The van der Waals surface area contributed by atoms with E-state index in [1.807, 2.05) is 0 Å². The summed E-state index contributed by atoms with van der Waals surface area (Å²) in [6.07, 6.45) is 1.74. The number of halogens is 2. The Kier molecular flexibility index (Phi) is 4.38. The molecule has 2 aromatic carbocycles. The molecular weight excluding hydrogens is 394 g/mol. The van der Waals surface area contributed by atoms with E-state index in [1.165, 1.54) is 16.7 Å². The standard InChI is InChI=1S/C17H17Br2NO/c1-10-2-3-14(15(19)6-10)16(20)9-12-8-13(18)7-11-4-5-21-17(11)12/h2-3,6-8,16H,4-5,9,20H2,1H3. The van der Waals surface area contributed by atoms with Crippen LogP contribution in [-0.2, 0) is 12.8 Å². The van der Waals surface area contributed by atoms with Crippen molar-refractivity contribution in [2.45, 2.75) is 25.8 Å². The SMILES string of the molecule is Cc1ccc(C(N)Cc2cc(Br)cc3c2OCC3)c(Br)c1. The van der Waals surface area contributed by atoms with E-state index in [2.05, 4.69) is 69.1 Å². The third kappa shape index (κ3) is 3.17. The first kappa shape index (κ1) is 15.1. The summed E-state index contributed by atoms with van der Waals surface area (Å²) in [7, 11) is 0. The number of rotatable bonds is 3. The van der Waals surface area contributed by atoms with E-state index in [-0.39, 0.29) is 6.04 Å². The van der Waals surface area contributed by atoms with Crippen LogP contribution in [0.5, 0.6) is 5.75 Å². The first-order valence-electron chi connectivity index (χ1n) is 7.00. The second-order valence-electron chi connectivity index (χ2n) is 5.49. The molecule has 0 aliphatic carbocycles. The molecule has 4 heteroatoms. The van der Waals surface area contributed by atoms with E-state index in [4.69, 9.17) is 10.5 Å². The summed E-state index contributed by atoms with van der Waals surface area (Å²) >= 11 is 7.20. The van der Waals surface area contributed by atoms with Gasteiger partial charge >= 0.3 is 0 Å². The van der Waals surface area contributed by atoms with Gasteiger partial charge in [0.1, 0.15) is 5.75 Å². The van der Waals surface area contributed by atoms with Gasteiger partial charge in [0, 0.05) is 21.4 Å². The third-order valence-electron chi connectivity index (χ3n) is 3.82. The summed E-state index contributed by atoms with van der Waals surface area (Å²) in [6.45, 7) is 2.84. The van der Waals surface area contributed by atoms with Crippen molar-refractivity contribution in [1.29, 1.82) is 0 Å². The van der Waals surface area contributed by atoms with Crippen molar-refractivity contribution in [3.8, 4) is 5.75 Å². The van der Waals surface area contributed by atoms with Gasteiger partial charge in [-0.15, -0.1) is 0 Å². The average Bonchev–Trinajstić information content (AvgIpc) is 2.86. The van der Waals surface area contributed by atoms with Crippen molar-refractivity contribution in [2.24, 2.45) is 5.73 Å². The quantitative estimate of drug-likeness (QED) is 0.795. The highest BCUT2D eigenvalue weighted by atomic mass is 79.9. The fraction of sp³-hybridized carbons (Fsp3) is 0.294. The van der Waals surface area contributed by atoms with Gasteiger partial charge in [0.05, 0.1) is 6.61 Å². The molecule has 0 saturated heterocycles. The molecule has 0 amide bonds. The van der Waals surface area contributed by atoms with Crippen molar-refractivity contribution in [3.05, 3.63) is 61.5 Å². The van der Waals surface area contributed by atoms with Crippen molar-refractivity contribution < 1.29 is 4.74 Å². The number of nitrogens with two attached hydrogens (primary N) is 1. The maximum Gasteiger partial charge on any atom is 0.125 e. The lowest BCUT2D eigenvalue weighted by Crippen LogP contribution is -2.14. The molecule has 0 fully saturated rings. The monoisotopic (exact) mass is 409 g/mol. The van der Waals surface area contributed by atoms with E-state index in [0.717, 1.165) is 39.7 Å². The number of fused-ring (bicyclic) bond motifs is 1. The predicted octanol–water partition coefficient (Wildman–Crippen LogP) is 4.70. The molecule has 21 heavy (non-hydrogen) atoms. The molecule has 0 radical (unpaired) electrons. The summed E-state index contributed by atoms with van der Waals surface area (Å²) in [5, 5.41) is 0. The summed E-state index contributed by atoms with van der Waals surface area (Å²) in [5.41, 5.74) is 11.2. The van der Waals surface area contributed by atoms with Gasteiger partial charge in [-0.2, -0.15) is 0 Å². The van der Waals surface area contributed by atoms with Crippen LogP contribution in [0.15, 0.2) is 39.3 Å². The smallest absolute Gasteiger partial charge is 0.125 e. The molecule has 2 nitrogen and oxygen atoms in total. The number of benzene rings is 2. The molecule has 0 saturated carbocycles. The Morgan fingerprint density at radius 3 is 2.81 bits per heavy atom. The van der Waals surface area contributed by atoms with Crippen molar-refractivity contribution in [1.82, 2.24) is 0 Å². The van der Waals surface area contributed by atoms with Crippen molar-refractivity contribution in [2.75, 3.05) is 6.61 Å². The lowest BCUT2D eigenvalue weighted by atomic mass is 9.97. The second-order valence-corrected chi connectivity index (χ2v) is 7.26. The van der Waals surface area contributed by atoms with Gasteiger partial charge < -0.3 is 10.5 Å². The van der Waals surface area contributed by atoms with E-state index < -0.39 is 0 Å². The number of ether oxygens (including phenoxy) is 1. The molecule has 0 aromatic heterocycles. The molecule has 2 aromatic rings. The van der Waals surface area contributed by atoms with Crippen LogP contribution in [0.4, 0.5) is 0 Å². The molecule has 1 unspecified atom stereocenters. The van der Waals surface area contributed by atoms with Gasteiger partial charge in [-0.1, -0.05) is 44.0 Å². The molecular formula is C17H17Br2NO. The van der Waals surface area contributed by atoms with E-state index in [0.29, 0.717) is 0 Å². The highest BCUT2D eigenvalue weighted by Gasteiger charge is 2.20. The normalized spacial score (nSPS) is 14.7. The largest absolute Gasteiger partial charge is 0.493 e. The first-order chi connectivity index (χ1) is 10.0. The minimum Gasteiger partial charge on any atom is -0.493 e. The van der Waals surface area contributed by atoms with Crippen LogP contribution in [0.25, 0.3) is 0 Å². The minimum atomic E-state index is -0.0532. The second kappa shape index (κ2) is 6.11. The average molecular weight is 411 g/mol. The van der Waals surface area contributed by atoms with Gasteiger partial charge in [0.2, 0.25) is 0 Å². The van der Waals surface area contributed by atoms with Crippen LogP contribution in [0, 0.1) is 6.92 Å². The molecule has 110 valence electrons. The summed E-state index contributed by atoms with van der Waals surface area (Å²) < 4.78 is 7.95. The van der Waals surface area contributed by atoms with E-state index in [9.17, 15) is 0 Å². The fourth-order valence-corrected chi connectivity index (χ4v) is 4.12. The van der Waals surface area contributed by atoms with Gasteiger partial charge in [0.25, 0.3) is 0 Å². The van der Waals surface area contributed by atoms with Crippen LogP contribution in [-0.4, -0.2) is 6.61 Å². The zero-order valence-corrected chi connectivity index (χ0v) is 15.0. The van der Waals surface area contributed by atoms with Crippen LogP contribution < -0.4 is 10.5 Å². The fourth-order valence-electron chi connectivity index (χ4n) is 2.78. The lowest BCUT2D eigenvalue weighted by molar-refractivity contribution is 0.352. The van der Waals surface area contributed by atoms with Gasteiger partial charge in [-0.05, 0) is 53.8 Å². The van der Waals surface area contributed by atoms with Crippen LogP contribution in [0.1, 0.15) is 28.3 Å². The van der Waals surface area contributed by atoms with Crippen LogP contribution in [0.2, 0.25) is 0 Å². The minimum absolute atomic E-state index is 0.0532. The molecule has 1 atom stereocenters. The molecule has 1 aliphatic heterocycles. The molecule has 0 spiro atoms. The zero-order chi connectivity index (χ0) is 15.0. The molecule has 3 rings (SSSR count). The highest BCUT2D eigenvalue weighted by molar-refractivity contribution is 9.10. The highest BCUT2D eigenvalue weighted by Crippen LogP contribution is 2.36. The molecule has 1 heterocycles. The number of hydrogen-bond acceptors (Lipinski definition) is 2. The number of aryl methyl sites for hydroxylation is 1. The van der Waals surface area contributed by atoms with E-state index in [1.54, 1.807) is 0 Å². The Balaban J connectivity index is 1.90. The van der Waals surface area contributed by atoms with Gasteiger partial charge in [-0.25, -0.2) is 0 Å². The number of hydrogen-bond donors (Lipinski definition) is 1. The topological polar surface area (TPSA) is 35.2 Å². The molecule has 2 N–H and O–H groups in total. The Bertz CT molecular complexity index is 685. The lowest BCUT2D eigenvalue weighted by Gasteiger charge is -2.17. The Hall–Kier alpha value is -0.840.